The van der Waals surface area contributed by atoms with Crippen molar-refractivity contribution in [3.8, 4) is 0 Å². The van der Waals surface area contributed by atoms with Gasteiger partial charge in [-0.3, -0.25) is 0 Å². The number of anilines is 1. The van der Waals surface area contributed by atoms with Crippen LogP contribution in [0.3, 0.4) is 0 Å². The van der Waals surface area contributed by atoms with E-state index in [0.717, 1.165) is 18.8 Å². The molecule has 1 aromatic rings. The topological polar surface area (TPSA) is 42.1 Å². The van der Waals surface area contributed by atoms with Crippen LogP contribution in [0.4, 0.5) is 5.82 Å². The Kier molecular flexibility index (Phi) is 5.04. The van der Waals surface area contributed by atoms with Crippen LogP contribution in [0.25, 0.3) is 0 Å². The maximum atomic E-state index is 5.67. The number of nitrogens with zero attached hydrogens (tertiary/aromatic N) is 2. The summed E-state index contributed by atoms with van der Waals surface area (Å²) in [6.07, 6.45) is 5.21. The lowest BCUT2D eigenvalue weighted by molar-refractivity contribution is 0.719. The third-order valence-electron chi connectivity index (χ3n) is 2.18. The zero-order chi connectivity index (χ0) is 11.1. The molecule has 4 heteroatoms. The molecular formula is C11H17N3S. The Hall–Kier alpha value is -1.16. The van der Waals surface area contributed by atoms with Crippen molar-refractivity contribution in [2.75, 3.05) is 11.4 Å². The Morgan fingerprint density at radius 1 is 1.47 bits per heavy atom. The highest BCUT2D eigenvalue weighted by Crippen LogP contribution is 2.10. The summed E-state index contributed by atoms with van der Waals surface area (Å²) < 4.78 is 0. The highest BCUT2D eigenvalue weighted by Gasteiger charge is 2.08. The van der Waals surface area contributed by atoms with Crippen LogP contribution in [0.1, 0.15) is 26.2 Å². The Bertz CT molecular complexity index is 300. The van der Waals surface area contributed by atoms with Crippen LogP contribution in [0.5, 0.6) is 0 Å². The first-order chi connectivity index (χ1) is 7.25. The largest absolute Gasteiger partial charge is 0.376 e. The summed E-state index contributed by atoms with van der Waals surface area (Å²) in [6.45, 7) is 3.02. The molecule has 0 fully saturated rings. The van der Waals surface area contributed by atoms with Crippen molar-refractivity contribution in [1.29, 1.82) is 0 Å². The van der Waals surface area contributed by atoms with Crippen molar-refractivity contribution >= 4 is 23.1 Å². The second kappa shape index (κ2) is 6.35. The van der Waals surface area contributed by atoms with Gasteiger partial charge in [0.1, 0.15) is 5.82 Å². The molecule has 0 aliphatic heterocycles. The normalized spacial score (nSPS) is 9.93. The van der Waals surface area contributed by atoms with Gasteiger partial charge in [0, 0.05) is 12.7 Å². The van der Waals surface area contributed by atoms with Gasteiger partial charge in [-0.05, 0) is 30.8 Å². The predicted octanol–water partition coefficient (Wildman–Crippen LogP) is 2.32. The minimum atomic E-state index is 0.393. The molecule has 0 unspecified atom stereocenters. The second-order valence-electron chi connectivity index (χ2n) is 3.38. The van der Waals surface area contributed by atoms with E-state index in [0.29, 0.717) is 5.11 Å². The quantitative estimate of drug-likeness (QED) is 0.614. The summed E-state index contributed by atoms with van der Waals surface area (Å²) in [5.41, 5.74) is 5.67. The molecule has 0 saturated carbocycles. The fourth-order valence-electron chi connectivity index (χ4n) is 1.37. The fourth-order valence-corrected chi connectivity index (χ4v) is 1.56. The average Bonchev–Trinajstić information content (AvgIpc) is 2.25. The van der Waals surface area contributed by atoms with Crippen LogP contribution in [0, 0.1) is 0 Å². The van der Waals surface area contributed by atoms with Crippen molar-refractivity contribution in [3.63, 3.8) is 0 Å². The molecule has 2 N–H and O–H groups in total. The summed E-state index contributed by atoms with van der Waals surface area (Å²) in [5.74, 6) is 0.834. The minimum absolute atomic E-state index is 0.393. The van der Waals surface area contributed by atoms with Gasteiger partial charge in [-0.15, -0.1) is 0 Å². The molecule has 82 valence electrons. The van der Waals surface area contributed by atoms with E-state index in [1.54, 1.807) is 6.20 Å². The molecule has 0 aliphatic rings. The van der Waals surface area contributed by atoms with Gasteiger partial charge < -0.3 is 10.6 Å². The van der Waals surface area contributed by atoms with Crippen LogP contribution in [-0.2, 0) is 0 Å². The molecule has 0 atom stereocenters. The zero-order valence-corrected chi connectivity index (χ0v) is 9.83. The lowest BCUT2D eigenvalue weighted by atomic mass is 10.2. The van der Waals surface area contributed by atoms with Crippen LogP contribution in [-0.4, -0.2) is 16.6 Å². The van der Waals surface area contributed by atoms with Crippen molar-refractivity contribution < 1.29 is 0 Å². The highest BCUT2D eigenvalue weighted by molar-refractivity contribution is 7.80. The summed E-state index contributed by atoms with van der Waals surface area (Å²) in [6, 6.07) is 5.74. The maximum Gasteiger partial charge on any atom is 0.171 e. The molecule has 15 heavy (non-hydrogen) atoms. The number of hydrogen-bond acceptors (Lipinski definition) is 2. The van der Waals surface area contributed by atoms with E-state index in [1.165, 1.54) is 12.8 Å². The number of unbranched alkanes of at least 4 members (excludes halogenated alkanes) is 2. The second-order valence-corrected chi connectivity index (χ2v) is 3.80. The van der Waals surface area contributed by atoms with Crippen molar-refractivity contribution in [2.24, 2.45) is 5.73 Å². The van der Waals surface area contributed by atoms with Gasteiger partial charge in [-0.2, -0.15) is 0 Å². The van der Waals surface area contributed by atoms with Gasteiger partial charge in [-0.1, -0.05) is 25.8 Å². The van der Waals surface area contributed by atoms with E-state index >= 15 is 0 Å². The monoisotopic (exact) mass is 223 g/mol. The molecule has 1 aromatic heterocycles. The lowest BCUT2D eigenvalue weighted by Crippen LogP contribution is -2.36. The molecule has 0 aromatic carbocycles. The zero-order valence-electron chi connectivity index (χ0n) is 9.02. The van der Waals surface area contributed by atoms with Gasteiger partial charge in [0.15, 0.2) is 5.11 Å². The number of pyridine rings is 1. The summed E-state index contributed by atoms with van der Waals surface area (Å²) in [5, 5.41) is 0.393. The van der Waals surface area contributed by atoms with E-state index < -0.39 is 0 Å². The average molecular weight is 223 g/mol. The molecule has 0 aliphatic carbocycles. The first-order valence-corrected chi connectivity index (χ1v) is 5.64. The summed E-state index contributed by atoms with van der Waals surface area (Å²) in [7, 11) is 0. The highest BCUT2D eigenvalue weighted by atomic mass is 32.1. The predicted molar refractivity (Wildman–Crippen MR) is 67.9 cm³/mol. The van der Waals surface area contributed by atoms with Gasteiger partial charge in [0.2, 0.25) is 0 Å². The molecule has 0 amide bonds. The van der Waals surface area contributed by atoms with Crippen LogP contribution in [0.2, 0.25) is 0 Å². The maximum absolute atomic E-state index is 5.67. The molecule has 3 nitrogen and oxygen atoms in total. The van der Waals surface area contributed by atoms with Gasteiger partial charge in [0.05, 0.1) is 0 Å². The van der Waals surface area contributed by atoms with Crippen LogP contribution < -0.4 is 10.6 Å². The number of aromatic nitrogens is 1. The van der Waals surface area contributed by atoms with Gasteiger partial charge in [-0.25, -0.2) is 4.98 Å². The van der Waals surface area contributed by atoms with E-state index in [-0.39, 0.29) is 0 Å². The van der Waals surface area contributed by atoms with E-state index in [2.05, 4.69) is 11.9 Å². The lowest BCUT2D eigenvalue weighted by Gasteiger charge is -2.21. The van der Waals surface area contributed by atoms with Crippen molar-refractivity contribution in [1.82, 2.24) is 4.98 Å². The third-order valence-corrected chi connectivity index (χ3v) is 2.40. The Morgan fingerprint density at radius 3 is 2.80 bits per heavy atom. The van der Waals surface area contributed by atoms with Crippen LogP contribution >= 0.6 is 12.2 Å². The van der Waals surface area contributed by atoms with Crippen molar-refractivity contribution in [3.05, 3.63) is 24.4 Å². The standard InChI is InChI=1S/C11H17N3S/c1-2-3-6-9-14(11(12)15)10-7-4-5-8-13-10/h4-5,7-8H,2-3,6,9H2,1H3,(H2,12,15). The van der Waals surface area contributed by atoms with Gasteiger partial charge in [0.25, 0.3) is 0 Å². The molecule has 1 rings (SSSR count). The van der Waals surface area contributed by atoms with E-state index in [1.807, 2.05) is 23.1 Å². The van der Waals surface area contributed by atoms with Crippen LogP contribution in [0.15, 0.2) is 24.4 Å². The fraction of sp³-hybridized carbons (Fsp3) is 0.455. The Morgan fingerprint density at radius 2 is 2.27 bits per heavy atom. The Labute approximate surface area is 96.3 Å². The SMILES string of the molecule is CCCCCN(C(N)=S)c1ccccn1. The molecule has 0 saturated heterocycles. The number of nitrogens with two attached hydrogens (primary N) is 1. The van der Waals surface area contributed by atoms with Gasteiger partial charge >= 0.3 is 0 Å². The molecule has 1 heterocycles. The summed E-state index contributed by atoms with van der Waals surface area (Å²) >= 11 is 5.01. The first kappa shape index (κ1) is 11.9. The third kappa shape index (κ3) is 3.83. The molecule has 0 spiro atoms. The smallest absolute Gasteiger partial charge is 0.171 e. The number of hydrogen-bond donors (Lipinski definition) is 1. The number of thiocarbonyl (C=S) groups is 1. The number of rotatable bonds is 5. The van der Waals surface area contributed by atoms with Crippen molar-refractivity contribution in [2.45, 2.75) is 26.2 Å². The molecule has 0 radical (unpaired) electrons. The van der Waals surface area contributed by atoms with E-state index in [9.17, 15) is 0 Å². The molecular weight excluding hydrogens is 206 g/mol. The summed E-state index contributed by atoms with van der Waals surface area (Å²) in [4.78, 5) is 6.12. The van der Waals surface area contributed by atoms with E-state index in [4.69, 9.17) is 18.0 Å². The molecule has 0 bridgehead atoms. The first-order valence-electron chi connectivity index (χ1n) is 5.23. The minimum Gasteiger partial charge on any atom is -0.376 e. The Balaban J connectivity index is 2.62.